The summed E-state index contributed by atoms with van der Waals surface area (Å²) in [4.78, 5) is 0. The topological polar surface area (TPSA) is 60.2 Å². The van der Waals surface area contributed by atoms with Gasteiger partial charge in [-0.1, -0.05) is 35.5 Å². The van der Waals surface area contributed by atoms with E-state index >= 15 is 0 Å². The highest BCUT2D eigenvalue weighted by Gasteiger charge is 2.15. The lowest BCUT2D eigenvalue weighted by Crippen LogP contribution is -2.00. The smallest absolute Gasteiger partial charge is 0.119 e. The lowest BCUT2D eigenvalue weighted by Gasteiger charge is -2.08. The lowest BCUT2D eigenvalue weighted by molar-refractivity contribution is 0.277. The second kappa shape index (κ2) is 5.76. The molecule has 106 valence electrons. The van der Waals surface area contributed by atoms with Crippen molar-refractivity contribution in [3.8, 4) is 22.7 Å². The van der Waals surface area contributed by atoms with Crippen molar-refractivity contribution < 1.29 is 9.84 Å². The van der Waals surface area contributed by atoms with Gasteiger partial charge >= 0.3 is 0 Å². The van der Waals surface area contributed by atoms with Crippen molar-refractivity contribution in [1.82, 2.24) is 15.0 Å². The van der Waals surface area contributed by atoms with Gasteiger partial charge in [-0.05, 0) is 24.3 Å². The highest BCUT2D eigenvalue weighted by molar-refractivity contribution is 5.64. The first kappa shape index (κ1) is 13.3. The van der Waals surface area contributed by atoms with Gasteiger partial charge in [-0.3, -0.25) is 0 Å². The predicted molar refractivity (Wildman–Crippen MR) is 79.3 cm³/mol. The van der Waals surface area contributed by atoms with Gasteiger partial charge in [-0.25, -0.2) is 4.68 Å². The Hall–Kier alpha value is -2.66. The number of hydrogen-bond donors (Lipinski definition) is 1. The first-order chi connectivity index (χ1) is 10.3. The normalized spacial score (nSPS) is 10.6. The van der Waals surface area contributed by atoms with E-state index in [9.17, 15) is 5.11 Å². The summed E-state index contributed by atoms with van der Waals surface area (Å²) in [6.45, 7) is -0.152. The number of hydrogen-bond acceptors (Lipinski definition) is 4. The Morgan fingerprint density at radius 3 is 2.38 bits per heavy atom. The van der Waals surface area contributed by atoms with E-state index in [1.807, 2.05) is 54.6 Å². The summed E-state index contributed by atoms with van der Waals surface area (Å²) in [5.74, 6) is 0.780. The second-order valence-electron chi connectivity index (χ2n) is 4.52. The van der Waals surface area contributed by atoms with Gasteiger partial charge in [0.2, 0.25) is 0 Å². The zero-order valence-corrected chi connectivity index (χ0v) is 11.6. The van der Waals surface area contributed by atoms with E-state index in [1.54, 1.807) is 11.8 Å². The van der Waals surface area contributed by atoms with Crippen molar-refractivity contribution in [1.29, 1.82) is 0 Å². The molecule has 0 aliphatic carbocycles. The third-order valence-corrected chi connectivity index (χ3v) is 3.25. The standard InChI is InChI=1S/C16H15N3O2/c1-21-14-9-7-13(8-10-14)19-16(15(11-20)17-18-19)12-5-3-2-4-6-12/h2-10,20H,11H2,1H3. The third kappa shape index (κ3) is 2.51. The van der Waals surface area contributed by atoms with Crippen LogP contribution in [0.5, 0.6) is 5.75 Å². The Balaban J connectivity index is 2.12. The fraction of sp³-hybridized carbons (Fsp3) is 0.125. The largest absolute Gasteiger partial charge is 0.497 e. The first-order valence-electron chi connectivity index (χ1n) is 6.59. The van der Waals surface area contributed by atoms with Crippen molar-refractivity contribution in [2.45, 2.75) is 6.61 Å². The van der Waals surface area contributed by atoms with Crippen LogP contribution in [0.4, 0.5) is 0 Å². The molecular weight excluding hydrogens is 266 g/mol. The highest BCUT2D eigenvalue weighted by Crippen LogP contribution is 2.25. The van der Waals surface area contributed by atoms with E-state index < -0.39 is 0 Å². The van der Waals surface area contributed by atoms with Gasteiger partial charge in [0.05, 0.1) is 19.4 Å². The SMILES string of the molecule is COc1ccc(-n2nnc(CO)c2-c2ccccc2)cc1. The van der Waals surface area contributed by atoms with Gasteiger partial charge in [0.1, 0.15) is 17.1 Å². The molecule has 1 heterocycles. The molecule has 0 saturated heterocycles. The van der Waals surface area contributed by atoms with Crippen molar-refractivity contribution in [2.75, 3.05) is 7.11 Å². The molecule has 0 saturated carbocycles. The monoisotopic (exact) mass is 281 g/mol. The second-order valence-corrected chi connectivity index (χ2v) is 4.52. The molecule has 1 N–H and O–H groups in total. The Morgan fingerprint density at radius 1 is 1.05 bits per heavy atom. The summed E-state index contributed by atoms with van der Waals surface area (Å²) < 4.78 is 6.88. The highest BCUT2D eigenvalue weighted by atomic mass is 16.5. The van der Waals surface area contributed by atoms with Crippen LogP contribution in [-0.4, -0.2) is 27.2 Å². The van der Waals surface area contributed by atoms with E-state index in [1.165, 1.54) is 0 Å². The van der Waals surface area contributed by atoms with Crippen LogP contribution in [0.1, 0.15) is 5.69 Å². The van der Waals surface area contributed by atoms with Gasteiger partial charge in [0.25, 0.3) is 0 Å². The maximum Gasteiger partial charge on any atom is 0.119 e. The van der Waals surface area contributed by atoms with Crippen LogP contribution in [0.25, 0.3) is 16.9 Å². The van der Waals surface area contributed by atoms with Crippen LogP contribution in [0, 0.1) is 0 Å². The molecule has 2 aromatic carbocycles. The zero-order valence-electron chi connectivity index (χ0n) is 11.6. The fourth-order valence-corrected chi connectivity index (χ4v) is 2.21. The quantitative estimate of drug-likeness (QED) is 0.798. The van der Waals surface area contributed by atoms with Crippen molar-refractivity contribution in [3.63, 3.8) is 0 Å². The predicted octanol–water partition coefficient (Wildman–Crippen LogP) is 2.44. The minimum Gasteiger partial charge on any atom is -0.497 e. The van der Waals surface area contributed by atoms with Crippen molar-refractivity contribution in [3.05, 3.63) is 60.3 Å². The van der Waals surface area contributed by atoms with E-state index in [0.717, 1.165) is 22.7 Å². The van der Waals surface area contributed by atoms with Crippen molar-refractivity contribution >= 4 is 0 Å². The van der Waals surface area contributed by atoms with Crippen molar-refractivity contribution in [2.24, 2.45) is 0 Å². The minimum absolute atomic E-state index is 0.152. The molecule has 0 aliphatic rings. The Morgan fingerprint density at radius 2 is 1.76 bits per heavy atom. The Labute approximate surface area is 122 Å². The summed E-state index contributed by atoms with van der Waals surface area (Å²) in [6, 6.07) is 17.3. The molecule has 0 bridgehead atoms. The number of rotatable bonds is 4. The summed E-state index contributed by atoms with van der Waals surface area (Å²) >= 11 is 0. The van der Waals surface area contributed by atoms with E-state index in [2.05, 4.69) is 10.3 Å². The van der Waals surface area contributed by atoms with Crippen LogP contribution in [0.3, 0.4) is 0 Å². The molecule has 3 rings (SSSR count). The molecule has 0 atom stereocenters. The molecule has 5 nitrogen and oxygen atoms in total. The number of ether oxygens (including phenoxy) is 1. The average Bonchev–Trinajstić information content (AvgIpc) is 2.99. The lowest BCUT2D eigenvalue weighted by atomic mass is 10.1. The molecule has 3 aromatic rings. The number of benzene rings is 2. The molecule has 0 amide bonds. The number of aliphatic hydroxyl groups is 1. The van der Waals surface area contributed by atoms with Gasteiger partial charge in [-0.2, -0.15) is 0 Å². The van der Waals surface area contributed by atoms with Crippen LogP contribution < -0.4 is 4.74 Å². The van der Waals surface area contributed by atoms with Gasteiger partial charge in [0, 0.05) is 5.56 Å². The summed E-state index contributed by atoms with van der Waals surface area (Å²) in [5.41, 5.74) is 3.17. The summed E-state index contributed by atoms with van der Waals surface area (Å²) in [5, 5.41) is 17.7. The number of aromatic nitrogens is 3. The molecule has 0 radical (unpaired) electrons. The van der Waals surface area contributed by atoms with Crippen LogP contribution in [-0.2, 0) is 6.61 Å². The zero-order chi connectivity index (χ0) is 14.7. The molecule has 5 heteroatoms. The van der Waals surface area contributed by atoms with Crippen LogP contribution >= 0.6 is 0 Å². The number of methoxy groups -OCH3 is 1. The molecule has 0 unspecified atom stereocenters. The molecule has 1 aromatic heterocycles. The molecule has 0 spiro atoms. The molecule has 0 fully saturated rings. The summed E-state index contributed by atoms with van der Waals surface area (Å²) in [7, 11) is 1.63. The van der Waals surface area contributed by atoms with Crippen LogP contribution in [0.2, 0.25) is 0 Å². The Bertz CT molecular complexity index is 721. The third-order valence-electron chi connectivity index (χ3n) is 3.25. The minimum atomic E-state index is -0.152. The molecular formula is C16H15N3O2. The van der Waals surface area contributed by atoms with Gasteiger partial charge in [-0.15, -0.1) is 5.10 Å². The first-order valence-corrected chi connectivity index (χ1v) is 6.59. The molecule has 0 aliphatic heterocycles. The van der Waals surface area contributed by atoms with E-state index in [0.29, 0.717) is 5.69 Å². The number of aliphatic hydroxyl groups excluding tert-OH is 1. The average molecular weight is 281 g/mol. The maximum absolute atomic E-state index is 9.49. The number of nitrogens with zero attached hydrogens (tertiary/aromatic N) is 3. The van der Waals surface area contributed by atoms with E-state index in [-0.39, 0.29) is 6.61 Å². The summed E-state index contributed by atoms with van der Waals surface area (Å²) in [6.07, 6.45) is 0. The van der Waals surface area contributed by atoms with Gasteiger partial charge in [0.15, 0.2) is 0 Å². The fourth-order valence-electron chi connectivity index (χ4n) is 2.21. The van der Waals surface area contributed by atoms with Gasteiger partial charge < -0.3 is 9.84 Å². The maximum atomic E-state index is 9.49. The molecule has 21 heavy (non-hydrogen) atoms. The van der Waals surface area contributed by atoms with E-state index in [4.69, 9.17) is 4.74 Å². The Kier molecular flexibility index (Phi) is 3.66. The van der Waals surface area contributed by atoms with Crippen LogP contribution in [0.15, 0.2) is 54.6 Å².